The number of halogens is 3. The van der Waals surface area contributed by atoms with Gasteiger partial charge < -0.3 is 14.2 Å². The first kappa shape index (κ1) is 23.8. The van der Waals surface area contributed by atoms with Crippen LogP contribution in [0.25, 0.3) is 0 Å². The van der Waals surface area contributed by atoms with Crippen LogP contribution >= 0.6 is 0 Å². The Labute approximate surface area is 176 Å². The zero-order valence-corrected chi connectivity index (χ0v) is 17.2. The van der Waals surface area contributed by atoms with Gasteiger partial charge in [-0.3, -0.25) is 25.1 Å². The van der Waals surface area contributed by atoms with E-state index in [0.717, 1.165) is 16.9 Å². The van der Waals surface area contributed by atoms with Crippen molar-refractivity contribution in [2.24, 2.45) is 0 Å². The van der Waals surface area contributed by atoms with E-state index < -0.39 is 30.2 Å². The van der Waals surface area contributed by atoms with Crippen LogP contribution in [0.2, 0.25) is 0 Å². The fourth-order valence-corrected chi connectivity index (χ4v) is 2.51. The largest absolute Gasteiger partial charge is 0.490 e. The average Bonchev–Trinajstić information content (AvgIpc) is 3.17. The van der Waals surface area contributed by atoms with Crippen LogP contribution in [0, 0.1) is 0 Å². The number of nitrogens with zero attached hydrogens (tertiary/aromatic N) is 2. The second kappa shape index (κ2) is 10.5. The van der Waals surface area contributed by atoms with Gasteiger partial charge in [-0.25, -0.2) is 0 Å². The molecule has 0 unspecified atom stereocenters. The first-order valence-corrected chi connectivity index (χ1v) is 9.45. The quantitative estimate of drug-likeness (QED) is 0.577. The van der Waals surface area contributed by atoms with Crippen molar-refractivity contribution in [2.75, 3.05) is 19.8 Å². The lowest BCUT2D eigenvalue weighted by atomic mass is 10.1. The number of benzene rings is 1. The Morgan fingerprint density at radius 1 is 1.00 bits per heavy atom. The van der Waals surface area contributed by atoms with Gasteiger partial charge in [-0.2, -0.15) is 18.3 Å². The maximum Gasteiger partial charge on any atom is 0.435 e. The third-order valence-electron chi connectivity index (χ3n) is 3.72. The minimum atomic E-state index is -4.61. The number of amides is 2. The molecule has 12 heteroatoms. The maximum absolute atomic E-state index is 12.6. The van der Waals surface area contributed by atoms with E-state index >= 15 is 0 Å². The monoisotopic (exact) mass is 444 g/mol. The van der Waals surface area contributed by atoms with E-state index in [0.29, 0.717) is 37.1 Å². The van der Waals surface area contributed by atoms with Crippen molar-refractivity contribution < 1.29 is 37.0 Å². The van der Waals surface area contributed by atoms with Crippen molar-refractivity contribution in [3.05, 3.63) is 35.7 Å². The van der Waals surface area contributed by atoms with Crippen LogP contribution in [-0.4, -0.2) is 41.4 Å². The van der Waals surface area contributed by atoms with Crippen molar-refractivity contribution in [3.63, 3.8) is 0 Å². The van der Waals surface area contributed by atoms with Gasteiger partial charge in [0.1, 0.15) is 6.54 Å². The van der Waals surface area contributed by atoms with Gasteiger partial charge in [-0.1, -0.05) is 0 Å². The Bertz CT molecular complexity index is 887. The highest BCUT2D eigenvalue weighted by molar-refractivity contribution is 5.96. The zero-order chi connectivity index (χ0) is 23.0. The van der Waals surface area contributed by atoms with Crippen molar-refractivity contribution in [1.29, 1.82) is 0 Å². The summed E-state index contributed by atoms with van der Waals surface area (Å²) in [6.45, 7) is 5.79. The van der Waals surface area contributed by atoms with E-state index in [1.807, 2.05) is 0 Å². The molecular weight excluding hydrogens is 421 g/mol. The van der Waals surface area contributed by atoms with E-state index in [2.05, 4.69) is 16.0 Å². The third-order valence-corrected chi connectivity index (χ3v) is 3.72. The Morgan fingerprint density at radius 3 is 2.06 bits per heavy atom. The highest BCUT2D eigenvalue weighted by Gasteiger charge is 2.33. The van der Waals surface area contributed by atoms with Gasteiger partial charge in [-0.15, -0.1) is 0 Å². The molecule has 9 nitrogen and oxygen atoms in total. The second-order valence-corrected chi connectivity index (χ2v) is 6.00. The van der Waals surface area contributed by atoms with Gasteiger partial charge in [-0.05, 0) is 39.0 Å². The molecule has 2 aromatic rings. The number of hydrazine groups is 1. The topological polar surface area (TPSA) is 104 Å². The van der Waals surface area contributed by atoms with Crippen molar-refractivity contribution in [2.45, 2.75) is 33.5 Å². The van der Waals surface area contributed by atoms with Crippen molar-refractivity contribution in [1.82, 2.24) is 20.6 Å². The number of rotatable bonds is 9. The van der Waals surface area contributed by atoms with Gasteiger partial charge in [0.2, 0.25) is 5.75 Å². The van der Waals surface area contributed by atoms with E-state index in [4.69, 9.17) is 14.2 Å². The number of hydrogen-bond donors (Lipinski definition) is 2. The van der Waals surface area contributed by atoms with Crippen LogP contribution in [0.4, 0.5) is 13.2 Å². The summed E-state index contributed by atoms with van der Waals surface area (Å²) in [4.78, 5) is 24.4. The Balaban J connectivity index is 2.08. The van der Waals surface area contributed by atoms with Gasteiger partial charge in [0.15, 0.2) is 17.2 Å². The fraction of sp³-hybridized carbons (Fsp3) is 0.421. The first-order valence-electron chi connectivity index (χ1n) is 9.45. The Hall–Kier alpha value is -3.44. The molecule has 31 heavy (non-hydrogen) atoms. The number of alkyl halides is 3. The molecule has 0 fully saturated rings. The van der Waals surface area contributed by atoms with E-state index in [9.17, 15) is 22.8 Å². The smallest absolute Gasteiger partial charge is 0.435 e. The summed E-state index contributed by atoms with van der Waals surface area (Å²) in [5, 5.41) is 3.27. The lowest BCUT2D eigenvalue weighted by Crippen LogP contribution is -2.43. The van der Waals surface area contributed by atoms with Crippen LogP contribution in [-0.2, 0) is 17.5 Å². The highest BCUT2D eigenvalue weighted by atomic mass is 19.4. The van der Waals surface area contributed by atoms with Gasteiger partial charge in [0, 0.05) is 11.8 Å². The highest BCUT2D eigenvalue weighted by Crippen LogP contribution is 2.39. The van der Waals surface area contributed by atoms with Gasteiger partial charge in [0.05, 0.1) is 19.8 Å². The Kier molecular flexibility index (Phi) is 8.11. The standard InChI is InChI=1S/C19H23F3N4O5/c1-4-29-13-9-12(10-14(30-5-2)17(13)31-6-3)18(28)24-23-16(27)11-26-8-7-15(25-26)19(20,21)22/h7-10H,4-6,11H2,1-3H3,(H,23,27)(H,24,28). The minimum Gasteiger partial charge on any atom is -0.490 e. The average molecular weight is 444 g/mol. The second-order valence-electron chi connectivity index (χ2n) is 6.00. The lowest BCUT2D eigenvalue weighted by molar-refractivity contribution is -0.141. The van der Waals surface area contributed by atoms with Crippen LogP contribution in [0.1, 0.15) is 36.8 Å². The number of carbonyl (C=O) groups excluding carboxylic acids is 2. The van der Waals surface area contributed by atoms with Crippen molar-refractivity contribution in [3.8, 4) is 17.2 Å². The van der Waals surface area contributed by atoms with Crippen LogP contribution < -0.4 is 25.1 Å². The lowest BCUT2D eigenvalue weighted by Gasteiger charge is -2.17. The molecule has 0 atom stereocenters. The number of ether oxygens (including phenoxy) is 3. The molecule has 0 bridgehead atoms. The number of carbonyl (C=O) groups is 2. The van der Waals surface area contributed by atoms with Crippen LogP contribution in [0.5, 0.6) is 17.2 Å². The first-order chi connectivity index (χ1) is 14.7. The molecule has 0 saturated heterocycles. The summed E-state index contributed by atoms with van der Waals surface area (Å²) in [5.41, 5.74) is 3.32. The predicted octanol–water partition coefficient (Wildman–Crippen LogP) is 2.56. The Morgan fingerprint density at radius 2 is 1.58 bits per heavy atom. The molecule has 2 rings (SSSR count). The molecule has 0 aliphatic rings. The third kappa shape index (κ3) is 6.52. The van der Waals surface area contributed by atoms with E-state index in [1.54, 1.807) is 20.8 Å². The minimum absolute atomic E-state index is 0.120. The predicted molar refractivity (Wildman–Crippen MR) is 103 cm³/mol. The molecule has 170 valence electrons. The summed E-state index contributed by atoms with van der Waals surface area (Å²) < 4.78 is 55.1. The molecule has 2 N–H and O–H groups in total. The molecule has 0 spiro atoms. The molecule has 1 heterocycles. The molecule has 2 amide bonds. The van der Waals surface area contributed by atoms with Gasteiger partial charge in [0.25, 0.3) is 11.8 Å². The number of aromatic nitrogens is 2. The number of hydrogen-bond acceptors (Lipinski definition) is 6. The fourth-order valence-electron chi connectivity index (χ4n) is 2.51. The summed E-state index contributed by atoms with van der Waals surface area (Å²) in [7, 11) is 0. The molecule has 1 aromatic carbocycles. The van der Waals surface area contributed by atoms with E-state index in [1.165, 1.54) is 12.1 Å². The molecule has 0 radical (unpaired) electrons. The summed E-state index contributed by atoms with van der Waals surface area (Å²) >= 11 is 0. The van der Waals surface area contributed by atoms with E-state index in [-0.39, 0.29) is 5.56 Å². The molecule has 0 saturated carbocycles. The normalized spacial score (nSPS) is 11.0. The SMILES string of the molecule is CCOc1cc(C(=O)NNC(=O)Cn2ccc(C(F)(F)F)n2)cc(OCC)c1OCC. The maximum atomic E-state index is 12.6. The molecule has 1 aromatic heterocycles. The molecule has 0 aliphatic carbocycles. The summed E-state index contributed by atoms with van der Waals surface area (Å²) in [6.07, 6.45) is -3.60. The van der Waals surface area contributed by atoms with Crippen LogP contribution in [0.15, 0.2) is 24.4 Å². The summed E-state index contributed by atoms with van der Waals surface area (Å²) in [6, 6.07) is 3.61. The zero-order valence-electron chi connectivity index (χ0n) is 17.2. The van der Waals surface area contributed by atoms with Gasteiger partial charge >= 0.3 is 6.18 Å². The van der Waals surface area contributed by atoms with Crippen LogP contribution in [0.3, 0.4) is 0 Å². The molecule has 0 aliphatic heterocycles. The summed E-state index contributed by atoms with van der Waals surface area (Å²) in [5.74, 6) is -0.516. The molecular formula is C19H23F3N4O5. The number of nitrogens with one attached hydrogen (secondary N) is 2. The van der Waals surface area contributed by atoms with Crippen molar-refractivity contribution >= 4 is 11.8 Å².